The third kappa shape index (κ3) is 3.08. The maximum Gasteiger partial charge on any atom is 0.256 e. The van der Waals surface area contributed by atoms with Crippen LogP contribution in [0.25, 0.3) is 0 Å². The zero-order chi connectivity index (χ0) is 18.5. The zero-order valence-electron chi connectivity index (χ0n) is 15.3. The molecule has 2 N–H and O–H groups in total. The normalized spacial score (nSPS) is 17.7. The summed E-state index contributed by atoms with van der Waals surface area (Å²) >= 11 is 6.07. The first kappa shape index (κ1) is 17.4. The second-order valence-corrected chi connectivity index (χ2v) is 8.34. The van der Waals surface area contributed by atoms with Gasteiger partial charge in [0.15, 0.2) is 0 Å². The van der Waals surface area contributed by atoms with Gasteiger partial charge < -0.3 is 15.5 Å². The number of benzene rings is 2. The molecule has 0 bridgehead atoms. The fourth-order valence-electron chi connectivity index (χ4n) is 4.11. The lowest BCUT2D eigenvalue weighted by molar-refractivity contribution is 0.0767. The highest BCUT2D eigenvalue weighted by Gasteiger charge is 2.44. The Kier molecular flexibility index (Phi) is 4.20. The highest BCUT2D eigenvalue weighted by atomic mass is 35.5. The Hall–Kier alpha value is -2.04. The topological polar surface area (TPSA) is 49.6 Å². The quantitative estimate of drug-likeness (QED) is 0.818. The Balaban J connectivity index is 1.49. The number of nitrogens with zero attached hydrogens (tertiary/aromatic N) is 2. The number of hydrogen-bond acceptors (Lipinski definition) is 3. The Morgan fingerprint density at radius 1 is 1.19 bits per heavy atom. The van der Waals surface area contributed by atoms with Crippen LogP contribution in [0, 0.1) is 0 Å². The molecule has 0 radical (unpaired) electrons. The van der Waals surface area contributed by atoms with E-state index < -0.39 is 0 Å². The van der Waals surface area contributed by atoms with Crippen LogP contribution in [0.1, 0.15) is 39.9 Å². The van der Waals surface area contributed by atoms with Crippen LogP contribution in [0.2, 0.25) is 5.02 Å². The van der Waals surface area contributed by atoms with Crippen LogP contribution in [0.4, 0.5) is 5.69 Å². The zero-order valence-corrected chi connectivity index (χ0v) is 16.0. The number of likely N-dealkylation sites (N-methyl/N-ethyl adjacent to an activating group) is 1. The molecule has 0 spiro atoms. The Morgan fingerprint density at radius 2 is 1.88 bits per heavy atom. The summed E-state index contributed by atoms with van der Waals surface area (Å²) in [6, 6.07) is 12.2. The molecular weight excluding hydrogens is 346 g/mol. The van der Waals surface area contributed by atoms with Crippen LogP contribution in [-0.4, -0.2) is 36.3 Å². The van der Waals surface area contributed by atoms with Crippen molar-refractivity contribution in [2.45, 2.75) is 31.3 Å². The lowest BCUT2D eigenvalue weighted by atomic mass is 9.94. The van der Waals surface area contributed by atoms with E-state index in [9.17, 15) is 4.79 Å². The van der Waals surface area contributed by atoms with Gasteiger partial charge in [0.2, 0.25) is 0 Å². The molecule has 4 rings (SSSR count). The van der Waals surface area contributed by atoms with Gasteiger partial charge in [-0.2, -0.15) is 0 Å². The predicted molar refractivity (Wildman–Crippen MR) is 105 cm³/mol. The number of halogens is 1. The molecule has 5 heteroatoms. The van der Waals surface area contributed by atoms with E-state index in [-0.39, 0.29) is 5.91 Å². The van der Waals surface area contributed by atoms with E-state index in [1.807, 2.05) is 11.0 Å². The fourth-order valence-corrected chi connectivity index (χ4v) is 4.36. The van der Waals surface area contributed by atoms with Crippen molar-refractivity contribution < 1.29 is 4.79 Å². The molecular formula is C21H24ClN3O. The van der Waals surface area contributed by atoms with Crippen LogP contribution >= 0.6 is 11.6 Å². The van der Waals surface area contributed by atoms with Crippen molar-refractivity contribution in [2.75, 3.05) is 26.4 Å². The van der Waals surface area contributed by atoms with Gasteiger partial charge in [0.05, 0.1) is 5.56 Å². The SMILES string of the molecule is CN(C)CC1(c2ccc(CN3Cc4cc(Cl)cc(N)c4C3=O)cc2)CC1. The van der Waals surface area contributed by atoms with E-state index in [4.69, 9.17) is 17.3 Å². The smallest absolute Gasteiger partial charge is 0.256 e. The molecule has 136 valence electrons. The van der Waals surface area contributed by atoms with E-state index in [1.54, 1.807) is 6.07 Å². The van der Waals surface area contributed by atoms with E-state index in [2.05, 4.69) is 43.3 Å². The van der Waals surface area contributed by atoms with Gasteiger partial charge in [0.1, 0.15) is 0 Å². The minimum absolute atomic E-state index is 0.00971. The van der Waals surface area contributed by atoms with Crippen molar-refractivity contribution in [3.63, 3.8) is 0 Å². The third-order valence-corrected chi connectivity index (χ3v) is 5.71. The minimum atomic E-state index is -0.00971. The number of anilines is 1. The van der Waals surface area contributed by atoms with Gasteiger partial charge >= 0.3 is 0 Å². The summed E-state index contributed by atoms with van der Waals surface area (Å²) in [6.07, 6.45) is 2.51. The molecule has 4 nitrogen and oxygen atoms in total. The first-order valence-electron chi connectivity index (χ1n) is 8.99. The van der Waals surface area contributed by atoms with Crippen molar-refractivity contribution in [1.82, 2.24) is 9.80 Å². The molecule has 2 aromatic rings. The van der Waals surface area contributed by atoms with E-state index in [1.165, 1.54) is 18.4 Å². The fraction of sp³-hybridized carbons (Fsp3) is 0.381. The van der Waals surface area contributed by atoms with Gasteiger partial charge in [0.25, 0.3) is 5.91 Å². The molecule has 0 unspecified atom stereocenters. The first-order chi connectivity index (χ1) is 12.4. The molecule has 0 aromatic heterocycles. The Labute approximate surface area is 159 Å². The average Bonchev–Trinajstić information content (AvgIpc) is 3.27. The molecule has 1 saturated carbocycles. The second kappa shape index (κ2) is 6.29. The molecule has 2 aliphatic rings. The maximum absolute atomic E-state index is 12.7. The van der Waals surface area contributed by atoms with Gasteiger partial charge in [-0.25, -0.2) is 0 Å². The summed E-state index contributed by atoms with van der Waals surface area (Å²) in [5, 5.41) is 0.580. The van der Waals surface area contributed by atoms with Crippen molar-refractivity contribution in [3.8, 4) is 0 Å². The number of amides is 1. The van der Waals surface area contributed by atoms with Crippen molar-refractivity contribution in [3.05, 3.63) is 63.7 Å². The third-order valence-electron chi connectivity index (χ3n) is 5.49. The van der Waals surface area contributed by atoms with Crippen LogP contribution in [-0.2, 0) is 18.5 Å². The molecule has 1 aliphatic heterocycles. The Morgan fingerprint density at radius 3 is 2.50 bits per heavy atom. The van der Waals surface area contributed by atoms with Crippen molar-refractivity contribution in [1.29, 1.82) is 0 Å². The number of nitrogen functional groups attached to an aromatic ring is 1. The van der Waals surface area contributed by atoms with Crippen molar-refractivity contribution >= 4 is 23.2 Å². The van der Waals surface area contributed by atoms with Gasteiger partial charge in [-0.15, -0.1) is 0 Å². The van der Waals surface area contributed by atoms with Crippen LogP contribution in [0.15, 0.2) is 36.4 Å². The first-order valence-corrected chi connectivity index (χ1v) is 9.37. The van der Waals surface area contributed by atoms with E-state index >= 15 is 0 Å². The molecule has 0 saturated heterocycles. The van der Waals surface area contributed by atoms with Crippen LogP contribution in [0.3, 0.4) is 0 Å². The van der Waals surface area contributed by atoms with Gasteiger partial charge in [0, 0.05) is 35.8 Å². The lowest BCUT2D eigenvalue weighted by Gasteiger charge is -2.21. The number of rotatable bonds is 5. The lowest BCUT2D eigenvalue weighted by Crippen LogP contribution is -2.26. The van der Waals surface area contributed by atoms with Crippen LogP contribution < -0.4 is 5.73 Å². The maximum atomic E-state index is 12.7. The van der Waals surface area contributed by atoms with Gasteiger partial charge in [-0.05, 0) is 55.8 Å². The molecule has 2 aromatic carbocycles. The van der Waals surface area contributed by atoms with Gasteiger partial charge in [-0.1, -0.05) is 35.9 Å². The van der Waals surface area contributed by atoms with Crippen LogP contribution in [0.5, 0.6) is 0 Å². The number of fused-ring (bicyclic) bond motifs is 1. The second-order valence-electron chi connectivity index (χ2n) is 7.91. The summed E-state index contributed by atoms with van der Waals surface area (Å²) < 4.78 is 0. The summed E-state index contributed by atoms with van der Waals surface area (Å²) in [5.74, 6) is -0.00971. The number of nitrogens with two attached hydrogens (primary N) is 1. The van der Waals surface area contributed by atoms with E-state index in [0.29, 0.717) is 34.8 Å². The Bertz CT molecular complexity index is 856. The summed E-state index contributed by atoms with van der Waals surface area (Å²) in [7, 11) is 4.26. The monoisotopic (exact) mass is 369 g/mol. The standard InChI is InChI=1S/C21H24ClN3O/c1-24(2)13-21(7-8-21)16-5-3-14(4-6-16)11-25-12-15-9-17(22)10-18(23)19(15)20(25)26/h3-6,9-10H,7-8,11-13,23H2,1-2H3. The number of carbonyl (C=O) groups is 1. The molecule has 1 heterocycles. The summed E-state index contributed by atoms with van der Waals surface area (Å²) in [4.78, 5) is 16.8. The van der Waals surface area contributed by atoms with E-state index in [0.717, 1.165) is 17.7 Å². The predicted octanol–water partition coefficient (Wildman–Crippen LogP) is 3.67. The van der Waals surface area contributed by atoms with Crippen molar-refractivity contribution in [2.24, 2.45) is 0 Å². The van der Waals surface area contributed by atoms with Gasteiger partial charge in [-0.3, -0.25) is 4.79 Å². The highest BCUT2D eigenvalue weighted by molar-refractivity contribution is 6.31. The highest BCUT2D eigenvalue weighted by Crippen LogP contribution is 2.48. The molecule has 1 fully saturated rings. The number of carbonyl (C=O) groups excluding carboxylic acids is 1. The summed E-state index contributed by atoms with van der Waals surface area (Å²) in [5.41, 5.74) is 10.9. The number of hydrogen-bond donors (Lipinski definition) is 1. The summed E-state index contributed by atoms with van der Waals surface area (Å²) in [6.45, 7) is 2.24. The molecule has 1 amide bonds. The molecule has 1 aliphatic carbocycles. The average molecular weight is 370 g/mol. The largest absolute Gasteiger partial charge is 0.398 e. The molecule has 0 atom stereocenters. The molecule has 26 heavy (non-hydrogen) atoms. The minimum Gasteiger partial charge on any atom is -0.398 e.